The third-order valence-corrected chi connectivity index (χ3v) is 4.65. The lowest BCUT2D eigenvalue weighted by Gasteiger charge is -2.14. The van der Waals surface area contributed by atoms with Gasteiger partial charge in [-0.1, -0.05) is 23.2 Å². The van der Waals surface area contributed by atoms with Crippen molar-refractivity contribution >= 4 is 45.6 Å². The van der Waals surface area contributed by atoms with Gasteiger partial charge in [-0.05, 0) is 31.0 Å². The van der Waals surface area contributed by atoms with Gasteiger partial charge in [-0.15, -0.1) is 11.3 Å². The number of thiazole rings is 1. The molecule has 1 aromatic carbocycles. The van der Waals surface area contributed by atoms with Gasteiger partial charge in [0.1, 0.15) is 0 Å². The first kappa shape index (κ1) is 14.6. The van der Waals surface area contributed by atoms with Crippen molar-refractivity contribution in [1.82, 2.24) is 10.3 Å². The number of aromatic nitrogens is 1. The van der Waals surface area contributed by atoms with Gasteiger partial charge in [-0.2, -0.15) is 0 Å². The van der Waals surface area contributed by atoms with E-state index in [0.29, 0.717) is 10.0 Å². The van der Waals surface area contributed by atoms with Crippen molar-refractivity contribution in [3.8, 4) is 11.3 Å². The quantitative estimate of drug-likeness (QED) is 0.861. The van der Waals surface area contributed by atoms with Crippen LogP contribution in [0.2, 0.25) is 10.0 Å². The topological polar surface area (TPSA) is 49.3 Å². The molecule has 0 unspecified atom stereocenters. The monoisotopic (exact) mass is 340 g/mol. The lowest BCUT2D eigenvalue weighted by atomic mass is 10.1. The molecule has 0 aliphatic carbocycles. The molecule has 0 amide bonds. The average molecular weight is 341 g/mol. The molecule has 2 N–H and O–H groups in total. The van der Waals surface area contributed by atoms with E-state index < -0.39 is 0 Å². The summed E-state index contributed by atoms with van der Waals surface area (Å²) in [4.78, 5) is 8.96. The predicted octanol–water partition coefficient (Wildman–Crippen LogP) is 4.19. The molecular weight excluding hydrogens is 327 g/mol. The lowest BCUT2D eigenvalue weighted by molar-refractivity contribution is 0.740. The van der Waals surface area contributed by atoms with Crippen molar-refractivity contribution in [3.05, 3.63) is 33.1 Å². The Hall–Kier alpha value is -1.30. The largest absolute Gasteiger partial charge is 0.356 e. The number of hydrogen-bond acceptors (Lipinski definition) is 5. The number of benzene rings is 1. The number of nitrogens with zero attached hydrogens (tertiary/aromatic N) is 2. The van der Waals surface area contributed by atoms with E-state index in [9.17, 15) is 0 Å². The Kier molecular flexibility index (Phi) is 4.33. The van der Waals surface area contributed by atoms with Gasteiger partial charge in [0, 0.05) is 24.0 Å². The molecule has 21 heavy (non-hydrogen) atoms. The smallest absolute Gasteiger partial charge is 0.197 e. The van der Waals surface area contributed by atoms with Gasteiger partial charge in [0.25, 0.3) is 0 Å². The lowest BCUT2D eigenvalue weighted by Crippen LogP contribution is -2.35. The van der Waals surface area contributed by atoms with Crippen LogP contribution in [0.5, 0.6) is 0 Å². The molecule has 0 saturated carbocycles. The van der Waals surface area contributed by atoms with Crippen LogP contribution in [0, 0.1) is 6.92 Å². The summed E-state index contributed by atoms with van der Waals surface area (Å²) in [6, 6.07) is 3.72. The summed E-state index contributed by atoms with van der Waals surface area (Å²) in [7, 11) is 0. The number of aliphatic imine (C=N–C) groups is 1. The van der Waals surface area contributed by atoms with E-state index in [2.05, 4.69) is 20.6 Å². The summed E-state index contributed by atoms with van der Waals surface area (Å²) in [5.74, 6) is 0.785. The first-order chi connectivity index (χ1) is 10.1. The molecule has 0 fully saturated rings. The second kappa shape index (κ2) is 6.22. The maximum absolute atomic E-state index is 6.10. The number of hydrogen-bond donors (Lipinski definition) is 2. The zero-order chi connectivity index (χ0) is 14.8. The molecule has 1 aliphatic heterocycles. The van der Waals surface area contributed by atoms with Crippen molar-refractivity contribution in [1.29, 1.82) is 0 Å². The van der Waals surface area contributed by atoms with Gasteiger partial charge in [-0.25, -0.2) is 4.98 Å². The molecule has 0 saturated heterocycles. The summed E-state index contributed by atoms with van der Waals surface area (Å²) < 4.78 is 0. The zero-order valence-electron chi connectivity index (χ0n) is 11.4. The van der Waals surface area contributed by atoms with Crippen molar-refractivity contribution in [2.45, 2.75) is 13.3 Å². The van der Waals surface area contributed by atoms with E-state index in [1.54, 1.807) is 0 Å². The van der Waals surface area contributed by atoms with Crippen molar-refractivity contribution in [3.63, 3.8) is 0 Å². The zero-order valence-corrected chi connectivity index (χ0v) is 13.7. The van der Waals surface area contributed by atoms with E-state index in [0.717, 1.165) is 47.4 Å². The number of nitrogens with one attached hydrogen (secondary N) is 2. The molecule has 3 rings (SSSR count). The van der Waals surface area contributed by atoms with Crippen LogP contribution < -0.4 is 10.6 Å². The number of rotatable bonds is 2. The Balaban J connectivity index is 1.84. The molecule has 2 aromatic rings. The molecule has 4 nitrogen and oxygen atoms in total. The van der Waals surface area contributed by atoms with Gasteiger partial charge in [-0.3, -0.25) is 4.99 Å². The second-order valence-corrected chi connectivity index (χ2v) is 6.43. The van der Waals surface area contributed by atoms with Gasteiger partial charge < -0.3 is 10.6 Å². The maximum Gasteiger partial charge on any atom is 0.197 e. The molecule has 0 radical (unpaired) electrons. The maximum atomic E-state index is 6.10. The third-order valence-electron chi connectivity index (χ3n) is 3.17. The van der Waals surface area contributed by atoms with E-state index in [4.69, 9.17) is 23.2 Å². The van der Waals surface area contributed by atoms with Gasteiger partial charge in [0.2, 0.25) is 0 Å². The van der Waals surface area contributed by atoms with Crippen molar-refractivity contribution in [2.75, 3.05) is 18.4 Å². The third kappa shape index (κ3) is 3.31. The molecule has 2 heterocycles. The molecule has 110 valence electrons. The normalized spacial score (nSPS) is 14.5. The fourth-order valence-corrected chi connectivity index (χ4v) is 3.19. The van der Waals surface area contributed by atoms with Crippen molar-refractivity contribution < 1.29 is 0 Å². The average Bonchev–Trinajstić information content (AvgIpc) is 2.92. The Bertz CT molecular complexity index is 696. The van der Waals surface area contributed by atoms with Crippen LogP contribution >= 0.6 is 34.5 Å². The molecule has 1 aromatic heterocycles. The van der Waals surface area contributed by atoms with Crippen LogP contribution in [0.1, 0.15) is 12.0 Å². The van der Waals surface area contributed by atoms with Crippen LogP contribution in [0.4, 0.5) is 5.13 Å². The van der Waals surface area contributed by atoms with E-state index >= 15 is 0 Å². The van der Waals surface area contributed by atoms with Gasteiger partial charge >= 0.3 is 0 Å². The van der Waals surface area contributed by atoms with Crippen LogP contribution in [0.15, 0.2) is 22.5 Å². The number of halogens is 2. The highest BCUT2D eigenvalue weighted by atomic mass is 35.5. The molecule has 0 spiro atoms. The molecular formula is C14H14Cl2N4S. The van der Waals surface area contributed by atoms with Crippen molar-refractivity contribution in [2.24, 2.45) is 4.99 Å². The Morgan fingerprint density at radius 2 is 2.10 bits per heavy atom. The predicted molar refractivity (Wildman–Crippen MR) is 90.9 cm³/mol. The van der Waals surface area contributed by atoms with Crippen LogP contribution in [0.3, 0.4) is 0 Å². The summed E-state index contributed by atoms with van der Waals surface area (Å²) in [6.07, 6.45) is 1.07. The van der Waals surface area contributed by atoms with Crippen LogP contribution in [-0.2, 0) is 0 Å². The fraction of sp³-hybridized carbons (Fsp3) is 0.286. The SMILES string of the molecule is Cc1cc(Cl)c(Cl)cc1-c1csc(NC2=NCCCN2)n1. The van der Waals surface area contributed by atoms with Gasteiger partial charge in [0.05, 0.1) is 15.7 Å². The Labute approximate surface area is 137 Å². The van der Waals surface area contributed by atoms with E-state index in [-0.39, 0.29) is 0 Å². The minimum Gasteiger partial charge on any atom is -0.356 e. The summed E-state index contributed by atoms with van der Waals surface area (Å²) in [6.45, 7) is 3.78. The molecule has 7 heteroatoms. The van der Waals surface area contributed by atoms with Crippen LogP contribution in [0.25, 0.3) is 11.3 Å². The highest BCUT2D eigenvalue weighted by Crippen LogP contribution is 2.33. The highest BCUT2D eigenvalue weighted by molar-refractivity contribution is 7.14. The Morgan fingerprint density at radius 3 is 2.86 bits per heavy atom. The standard InChI is InChI=1S/C14H14Cl2N4S/c1-8-5-10(15)11(16)6-9(8)12-7-21-14(19-12)20-13-17-3-2-4-18-13/h5-7H,2-4H2,1H3,(H2,17,18,19,20). The first-order valence-corrected chi connectivity index (χ1v) is 8.24. The molecule has 1 aliphatic rings. The summed E-state index contributed by atoms with van der Waals surface area (Å²) in [5, 5.41) is 10.3. The number of aryl methyl sites for hydroxylation is 1. The minimum absolute atomic E-state index is 0.540. The minimum atomic E-state index is 0.540. The second-order valence-electron chi connectivity index (χ2n) is 4.75. The van der Waals surface area contributed by atoms with E-state index in [1.165, 1.54) is 11.3 Å². The molecule has 0 bridgehead atoms. The Morgan fingerprint density at radius 1 is 1.29 bits per heavy atom. The highest BCUT2D eigenvalue weighted by Gasteiger charge is 2.12. The van der Waals surface area contributed by atoms with Gasteiger partial charge in [0.15, 0.2) is 11.1 Å². The number of anilines is 1. The summed E-state index contributed by atoms with van der Waals surface area (Å²) >= 11 is 13.7. The fourth-order valence-electron chi connectivity index (χ4n) is 2.09. The van der Waals surface area contributed by atoms with Crippen LogP contribution in [-0.4, -0.2) is 24.0 Å². The molecule has 0 atom stereocenters. The summed E-state index contributed by atoms with van der Waals surface area (Å²) in [5.41, 5.74) is 2.93. The first-order valence-electron chi connectivity index (χ1n) is 6.60. The number of guanidine groups is 1. The van der Waals surface area contributed by atoms with E-state index in [1.807, 2.05) is 24.4 Å².